The van der Waals surface area contributed by atoms with Crippen LogP contribution in [0.25, 0.3) is 0 Å². The van der Waals surface area contributed by atoms with Gasteiger partial charge in [-0.2, -0.15) is 9.90 Å². The molecule has 1 rings (SSSR count). The molecular weight excluding hydrogens is 222 g/mol. The standard InChI is InChI=1S/C4H4ClN3O4S/c5-13(11,12)3-1-6-8(7-3)2-4(9)10/h1H,2H2,(H,9,10). The molecule has 0 aliphatic heterocycles. The molecule has 0 aliphatic rings. The third-order valence-electron chi connectivity index (χ3n) is 1.04. The minimum absolute atomic E-state index is 0.463. The van der Waals surface area contributed by atoms with E-state index in [0.29, 0.717) is 0 Å². The Morgan fingerprint density at radius 1 is 1.69 bits per heavy atom. The molecule has 0 unspecified atom stereocenters. The molecule has 1 aromatic rings. The largest absolute Gasteiger partial charge is 0.480 e. The van der Waals surface area contributed by atoms with Gasteiger partial charge in [0.25, 0.3) is 9.05 Å². The number of aliphatic carboxylic acids is 1. The number of aromatic nitrogens is 3. The second-order valence-electron chi connectivity index (χ2n) is 2.04. The van der Waals surface area contributed by atoms with E-state index in [1.165, 1.54) is 0 Å². The maximum atomic E-state index is 10.6. The van der Waals surface area contributed by atoms with Gasteiger partial charge in [-0.1, -0.05) is 0 Å². The predicted molar refractivity (Wildman–Crippen MR) is 40.7 cm³/mol. The van der Waals surface area contributed by atoms with Crippen molar-refractivity contribution < 1.29 is 18.3 Å². The highest BCUT2D eigenvalue weighted by atomic mass is 35.7. The van der Waals surface area contributed by atoms with Gasteiger partial charge in [0.1, 0.15) is 0 Å². The summed E-state index contributed by atoms with van der Waals surface area (Å²) in [4.78, 5) is 10.9. The Kier molecular flexibility index (Phi) is 2.52. The molecule has 0 atom stereocenters. The Morgan fingerprint density at radius 2 is 2.31 bits per heavy atom. The summed E-state index contributed by atoms with van der Waals surface area (Å²) in [7, 11) is 0.984. The lowest BCUT2D eigenvalue weighted by molar-refractivity contribution is -0.138. The van der Waals surface area contributed by atoms with E-state index in [1.54, 1.807) is 0 Å². The number of rotatable bonds is 3. The second kappa shape index (κ2) is 3.30. The fourth-order valence-corrected chi connectivity index (χ4v) is 1.17. The van der Waals surface area contributed by atoms with Crippen molar-refractivity contribution in [1.82, 2.24) is 15.0 Å². The first-order valence-corrected chi connectivity index (χ1v) is 5.27. The monoisotopic (exact) mass is 225 g/mol. The molecule has 7 nitrogen and oxygen atoms in total. The van der Waals surface area contributed by atoms with Crippen molar-refractivity contribution in [3.05, 3.63) is 6.20 Å². The van der Waals surface area contributed by atoms with Crippen LogP contribution in [0.4, 0.5) is 0 Å². The maximum absolute atomic E-state index is 10.6. The van der Waals surface area contributed by atoms with Gasteiger partial charge in [0.05, 0.1) is 6.20 Å². The van der Waals surface area contributed by atoms with Gasteiger partial charge in [0.2, 0.25) is 5.03 Å². The number of hydrogen-bond donors (Lipinski definition) is 1. The molecule has 9 heteroatoms. The Hall–Kier alpha value is -1.15. The van der Waals surface area contributed by atoms with Crippen molar-refractivity contribution in [1.29, 1.82) is 0 Å². The summed E-state index contributed by atoms with van der Waals surface area (Å²) in [5.74, 6) is -1.17. The van der Waals surface area contributed by atoms with Crippen LogP contribution in [0.1, 0.15) is 0 Å². The molecule has 0 saturated carbocycles. The molecule has 0 radical (unpaired) electrons. The van der Waals surface area contributed by atoms with Crippen LogP contribution in [0.3, 0.4) is 0 Å². The highest BCUT2D eigenvalue weighted by Crippen LogP contribution is 2.08. The van der Waals surface area contributed by atoms with E-state index in [4.69, 9.17) is 15.8 Å². The summed E-state index contributed by atoms with van der Waals surface area (Å²) >= 11 is 0. The third-order valence-corrected chi connectivity index (χ3v) is 2.20. The average molecular weight is 226 g/mol. The molecule has 0 aromatic carbocycles. The molecule has 1 heterocycles. The van der Waals surface area contributed by atoms with Gasteiger partial charge in [0.15, 0.2) is 6.54 Å². The van der Waals surface area contributed by atoms with E-state index in [9.17, 15) is 13.2 Å². The smallest absolute Gasteiger partial charge is 0.327 e. The number of nitrogens with zero attached hydrogens (tertiary/aromatic N) is 3. The van der Waals surface area contributed by atoms with E-state index in [-0.39, 0.29) is 0 Å². The molecule has 1 N–H and O–H groups in total. The molecule has 0 aliphatic carbocycles. The Bertz CT molecular complexity index is 424. The molecule has 0 fully saturated rings. The van der Waals surface area contributed by atoms with Crippen molar-refractivity contribution in [3.63, 3.8) is 0 Å². The molecule has 0 spiro atoms. The van der Waals surface area contributed by atoms with Crippen LogP contribution in [-0.4, -0.2) is 34.5 Å². The molecule has 0 bridgehead atoms. The van der Waals surface area contributed by atoms with E-state index >= 15 is 0 Å². The Morgan fingerprint density at radius 3 is 2.69 bits per heavy atom. The van der Waals surface area contributed by atoms with E-state index < -0.39 is 26.6 Å². The Labute approximate surface area is 77.3 Å². The zero-order chi connectivity index (χ0) is 10.1. The fraction of sp³-hybridized carbons (Fsp3) is 0.250. The Balaban J connectivity index is 2.94. The number of halogens is 1. The van der Waals surface area contributed by atoms with E-state index in [2.05, 4.69) is 10.2 Å². The summed E-state index contributed by atoms with van der Waals surface area (Å²) in [6.45, 7) is -0.508. The van der Waals surface area contributed by atoms with Gasteiger partial charge in [0, 0.05) is 10.7 Å². The van der Waals surface area contributed by atoms with Crippen LogP contribution in [-0.2, 0) is 20.4 Å². The molecule has 72 valence electrons. The highest BCUT2D eigenvalue weighted by molar-refractivity contribution is 8.13. The first-order valence-electron chi connectivity index (χ1n) is 2.96. The van der Waals surface area contributed by atoms with Gasteiger partial charge in [-0.25, -0.2) is 8.42 Å². The van der Waals surface area contributed by atoms with Crippen LogP contribution in [0, 0.1) is 0 Å². The van der Waals surface area contributed by atoms with Crippen molar-refractivity contribution >= 4 is 25.7 Å². The number of hydrogen-bond acceptors (Lipinski definition) is 5. The molecule has 13 heavy (non-hydrogen) atoms. The van der Waals surface area contributed by atoms with Gasteiger partial charge in [-0.15, -0.1) is 5.10 Å². The second-order valence-corrected chi connectivity index (χ2v) is 4.56. The fourth-order valence-electron chi connectivity index (χ4n) is 0.590. The van der Waals surface area contributed by atoms with Crippen LogP contribution < -0.4 is 0 Å². The lowest BCUT2D eigenvalue weighted by Gasteiger charge is -1.90. The predicted octanol–water partition coefficient (Wildman–Crippen LogP) is -0.710. The summed E-state index contributed by atoms with van der Waals surface area (Å²) in [6, 6.07) is 0. The first-order chi connectivity index (χ1) is 5.89. The average Bonchev–Trinajstić information content (AvgIpc) is 2.32. The van der Waals surface area contributed by atoms with Crippen LogP contribution in [0.2, 0.25) is 0 Å². The van der Waals surface area contributed by atoms with E-state index in [0.717, 1.165) is 11.0 Å². The number of carbonyl (C=O) groups is 1. The topological polar surface area (TPSA) is 102 Å². The summed E-state index contributed by atoms with van der Waals surface area (Å²) in [5.41, 5.74) is 0. The SMILES string of the molecule is O=C(O)Cn1ncc(S(=O)(=O)Cl)n1. The minimum atomic E-state index is -3.93. The number of carboxylic acids is 1. The van der Waals surface area contributed by atoms with Gasteiger partial charge >= 0.3 is 5.97 Å². The van der Waals surface area contributed by atoms with Crippen molar-refractivity contribution in [2.75, 3.05) is 0 Å². The molecule has 0 saturated heterocycles. The quantitative estimate of drug-likeness (QED) is 0.682. The summed E-state index contributed by atoms with van der Waals surface area (Å²) < 4.78 is 21.3. The third kappa shape index (κ3) is 2.67. The van der Waals surface area contributed by atoms with Crippen molar-refractivity contribution in [2.24, 2.45) is 0 Å². The normalized spacial score (nSPS) is 11.5. The van der Waals surface area contributed by atoms with Crippen LogP contribution in [0.15, 0.2) is 11.2 Å². The number of carboxylic acid groups (broad SMARTS) is 1. The molecule has 1 aromatic heterocycles. The summed E-state index contributed by atoms with van der Waals surface area (Å²) in [5, 5.41) is 14.5. The minimum Gasteiger partial charge on any atom is -0.480 e. The first kappa shape index (κ1) is 9.93. The summed E-state index contributed by atoms with van der Waals surface area (Å²) in [6.07, 6.45) is 0.880. The van der Waals surface area contributed by atoms with E-state index in [1.807, 2.05) is 0 Å². The van der Waals surface area contributed by atoms with Gasteiger partial charge in [-0.05, 0) is 0 Å². The maximum Gasteiger partial charge on any atom is 0.327 e. The lowest BCUT2D eigenvalue weighted by Crippen LogP contribution is -2.11. The van der Waals surface area contributed by atoms with Gasteiger partial charge < -0.3 is 5.11 Å². The van der Waals surface area contributed by atoms with Gasteiger partial charge in [-0.3, -0.25) is 4.79 Å². The zero-order valence-electron chi connectivity index (χ0n) is 6.08. The highest BCUT2D eigenvalue weighted by Gasteiger charge is 2.15. The zero-order valence-corrected chi connectivity index (χ0v) is 7.66. The molecular formula is C4H4ClN3O4S. The van der Waals surface area contributed by atoms with Crippen LogP contribution >= 0.6 is 10.7 Å². The van der Waals surface area contributed by atoms with Crippen LogP contribution in [0.5, 0.6) is 0 Å². The molecule has 0 amide bonds. The van der Waals surface area contributed by atoms with Crippen molar-refractivity contribution in [2.45, 2.75) is 11.6 Å². The lowest BCUT2D eigenvalue weighted by atomic mass is 10.7. The van der Waals surface area contributed by atoms with Crippen molar-refractivity contribution in [3.8, 4) is 0 Å².